The zero-order valence-electron chi connectivity index (χ0n) is 17.9. The van der Waals surface area contributed by atoms with Crippen molar-refractivity contribution in [2.24, 2.45) is 11.5 Å². The Morgan fingerprint density at radius 2 is 2.00 bits per heavy atom. The van der Waals surface area contributed by atoms with Crippen molar-refractivity contribution in [2.45, 2.75) is 49.6 Å². The molecule has 2 amide bonds. The van der Waals surface area contributed by atoms with Gasteiger partial charge in [0.25, 0.3) is 15.9 Å². The van der Waals surface area contributed by atoms with Crippen LogP contribution in [-0.4, -0.2) is 73.4 Å². The van der Waals surface area contributed by atoms with Crippen molar-refractivity contribution in [2.75, 3.05) is 19.6 Å². The first kappa shape index (κ1) is 25.3. The van der Waals surface area contributed by atoms with Crippen LogP contribution in [0.15, 0.2) is 29.2 Å². The van der Waals surface area contributed by atoms with Gasteiger partial charge < -0.3 is 21.7 Å². The number of likely N-dealkylation sites (tertiary alicyclic amines) is 1. The van der Waals surface area contributed by atoms with Gasteiger partial charge in [0.05, 0.1) is 11.4 Å². The number of nitrogens with zero attached hydrogens (tertiary/aromatic N) is 2. The molecule has 1 aliphatic heterocycles. The van der Waals surface area contributed by atoms with E-state index in [0.717, 1.165) is 5.56 Å². The molecule has 175 valence electrons. The van der Waals surface area contributed by atoms with Gasteiger partial charge >= 0.3 is 0 Å². The van der Waals surface area contributed by atoms with Crippen molar-refractivity contribution in [3.05, 3.63) is 29.8 Å². The summed E-state index contributed by atoms with van der Waals surface area (Å²) in [6.45, 7) is 1.97. The van der Waals surface area contributed by atoms with E-state index in [9.17, 15) is 22.8 Å². The Kier molecular flexibility index (Phi) is 8.72. The lowest BCUT2D eigenvalue weighted by atomic mass is 10.1. The van der Waals surface area contributed by atoms with Crippen LogP contribution in [0.1, 0.15) is 31.2 Å². The van der Waals surface area contributed by atoms with E-state index in [1.54, 1.807) is 25.3 Å². The van der Waals surface area contributed by atoms with Gasteiger partial charge in [0, 0.05) is 13.1 Å². The van der Waals surface area contributed by atoms with Crippen LogP contribution in [-0.2, 0) is 24.4 Å². The van der Waals surface area contributed by atoms with Crippen molar-refractivity contribution in [3.8, 4) is 0 Å². The monoisotopic (exact) mass is 465 g/mol. The summed E-state index contributed by atoms with van der Waals surface area (Å²) in [5, 5.41) is 9.75. The minimum atomic E-state index is -4.41. The topological polar surface area (TPSA) is 180 Å². The van der Waals surface area contributed by atoms with Gasteiger partial charge in [-0.15, -0.1) is 0 Å². The van der Waals surface area contributed by atoms with Crippen LogP contribution in [0.4, 0.5) is 0 Å². The van der Waals surface area contributed by atoms with Crippen LogP contribution in [0.2, 0.25) is 0 Å². The molecule has 0 aliphatic carbocycles. The molecular formula is C20H29N6O5S. The number of nitrogens with one attached hydrogen (secondary N) is 2. The van der Waals surface area contributed by atoms with Crippen molar-refractivity contribution < 1.29 is 22.8 Å². The molecule has 6 N–H and O–H groups in total. The summed E-state index contributed by atoms with van der Waals surface area (Å²) < 4.78 is 27.5. The fourth-order valence-corrected chi connectivity index (χ4v) is 5.14. The number of rotatable bonds is 10. The third kappa shape index (κ3) is 5.82. The average Bonchev–Trinajstić information content (AvgIpc) is 3.25. The molecule has 32 heavy (non-hydrogen) atoms. The first-order valence-corrected chi connectivity index (χ1v) is 11.7. The number of aryl methyl sites for hydroxylation is 1. The highest BCUT2D eigenvalue weighted by Crippen LogP contribution is 2.26. The molecule has 1 aromatic rings. The van der Waals surface area contributed by atoms with Crippen LogP contribution in [0.3, 0.4) is 0 Å². The maximum atomic E-state index is 13.5. The fraction of sp³-hybridized carbons (Fsp3) is 0.500. The van der Waals surface area contributed by atoms with E-state index in [2.05, 4.69) is 5.32 Å². The lowest BCUT2D eigenvalue weighted by Gasteiger charge is -2.32. The Labute approximate surface area is 187 Å². The van der Waals surface area contributed by atoms with Crippen molar-refractivity contribution >= 4 is 34.1 Å². The third-order valence-corrected chi connectivity index (χ3v) is 7.04. The number of benzene rings is 1. The molecular weight excluding hydrogens is 436 g/mol. The maximum Gasteiger partial charge on any atom is 0.267 e. The predicted octanol–water partition coefficient (Wildman–Crippen LogP) is -0.796. The Bertz CT molecular complexity index is 950. The van der Waals surface area contributed by atoms with Gasteiger partial charge in [0.15, 0.2) is 5.96 Å². The third-order valence-electron chi connectivity index (χ3n) is 5.22. The lowest BCUT2D eigenvalue weighted by Crippen LogP contribution is -2.54. The highest BCUT2D eigenvalue weighted by Gasteiger charge is 2.43. The number of hydrogen-bond donors (Lipinski definition) is 4. The quantitative estimate of drug-likeness (QED) is 0.197. The van der Waals surface area contributed by atoms with E-state index in [1.807, 2.05) is 0 Å². The first-order chi connectivity index (χ1) is 15.1. The van der Waals surface area contributed by atoms with Gasteiger partial charge in [-0.05, 0) is 44.7 Å². The number of hydrogen-bond acceptors (Lipinski definition) is 7. The first-order valence-electron chi connectivity index (χ1n) is 10.2. The Morgan fingerprint density at radius 3 is 2.56 bits per heavy atom. The van der Waals surface area contributed by atoms with E-state index >= 15 is 0 Å². The summed E-state index contributed by atoms with van der Waals surface area (Å²) in [6.07, 6.45) is 2.68. The van der Waals surface area contributed by atoms with Crippen LogP contribution >= 0.6 is 0 Å². The van der Waals surface area contributed by atoms with Crippen molar-refractivity contribution in [1.82, 2.24) is 14.5 Å². The molecule has 2 rings (SSSR count). The molecule has 0 spiro atoms. The second kappa shape index (κ2) is 11.0. The molecule has 0 unspecified atom stereocenters. The molecule has 11 nitrogen and oxygen atoms in total. The minimum absolute atomic E-state index is 0.0296. The number of nitrogens with two attached hydrogens (primary N) is 2. The molecule has 1 fully saturated rings. The number of sulfonamides is 1. The molecule has 1 radical (unpaired) electrons. The van der Waals surface area contributed by atoms with Crippen molar-refractivity contribution in [1.29, 1.82) is 5.41 Å². The zero-order chi connectivity index (χ0) is 23.9. The van der Waals surface area contributed by atoms with Crippen LogP contribution in [0, 0.1) is 12.3 Å². The Balaban J connectivity index is 2.42. The summed E-state index contributed by atoms with van der Waals surface area (Å²) in [5.41, 5.74) is 11.5. The standard InChI is InChI=1S/C20H29N6O5S/c1-14-6-8-16(9-7-14)32(30,31)26(15(13-27)4-2-10-24-20(22)23)19(29)17-5-3-11-25(17)18(28)12-21/h6-9,15,17H,2-5,10-12,21H2,1H3,(H4,22,23,24)/t15-,17-/m0/s1. The van der Waals surface area contributed by atoms with E-state index in [4.69, 9.17) is 16.9 Å². The largest absolute Gasteiger partial charge is 0.370 e. The van der Waals surface area contributed by atoms with E-state index < -0.39 is 33.9 Å². The van der Waals surface area contributed by atoms with Crippen LogP contribution < -0.4 is 16.8 Å². The molecule has 1 aliphatic rings. The molecule has 0 aromatic heterocycles. The lowest BCUT2D eigenvalue weighted by molar-refractivity contribution is -0.140. The van der Waals surface area contributed by atoms with Gasteiger partial charge in [0.1, 0.15) is 12.1 Å². The molecule has 12 heteroatoms. The minimum Gasteiger partial charge on any atom is -0.370 e. The molecule has 2 atom stereocenters. The molecule has 0 bridgehead atoms. The average molecular weight is 466 g/mol. The molecule has 1 saturated heterocycles. The van der Waals surface area contributed by atoms with Gasteiger partial charge in [-0.3, -0.25) is 19.8 Å². The second-order valence-corrected chi connectivity index (χ2v) is 9.33. The number of guanidine groups is 1. The van der Waals surface area contributed by atoms with Gasteiger partial charge in [-0.2, -0.15) is 0 Å². The smallest absolute Gasteiger partial charge is 0.267 e. The zero-order valence-corrected chi connectivity index (χ0v) is 18.7. The summed E-state index contributed by atoms with van der Waals surface area (Å²) >= 11 is 0. The van der Waals surface area contributed by atoms with E-state index in [-0.39, 0.29) is 49.8 Å². The number of carbonyl (C=O) groups excluding carboxylic acids is 3. The van der Waals surface area contributed by atoms with Gasteiger partial charge in [0.2, 0.25) is 12.2 Å². The van der Waals surface area contributed by atoms with E-state index in [1.165, 1.54) is 17.0 Å². The van der Waals surface area contributed by atoms with Crippen molar-refractivity contribution in [3.63, 3.8) is 0 Å². The SMILES string of the molecule is Cc1ccc(S(=O)(=O)N(C(=O)[C@@H]2CCCN2C(=O)CN)[C@H]([C]=O)CCCNC(=N)N)cc1. The maximum absolute atomic E-state index is 13.5. The van der Waals surface area contributed by atoms with E-state index in [0.29, 0.717) is 10.7 Å². The molecule has 1 aromatic carbocycles. The van der Waals surface area contributed by atoms with Gasteiger partial charge in [-0.25, -0.2) is 12.7 Å². The summed E-state index contributed by atoms with van der Waals surface area (Å²) in [5.74, 6) is -1.60. The second-order valence-electron chi connectivity index (χ2n) is 7.52. The fourth-order valence-electron chi connectivity index (χ4n) is 3.59. The number of carbonyl (C=O) groups is 2. The van der Waals surface area contributed by atoms with Crippen LogP contribution in [0.25, 0.3) is 0 Å². The highest BCUT2D eigenvalue weighted by molar-refractivity contribution is 7.89. The summed E-state index contributed by atoms with van der Waals surface area (Å²) in [7, 11) is -4.41. The van der Waals surface area contributed by atoms with Gasteiger partial charge in [-0.1, -0.05) is 17.7 Å². The molecule has 0 saturated carbocycles. The predicted molar refractivity (Wildman–Crippen MR) is 118 cm³/mol. The summed E-state index contributed by atoms with van der Waals surface area (Å²) in [6, 6.07) is 3.47. The Hall–Kier alpha value is -2.99. The molecule has 1 heterocycles. The highest BCUT2D eigenvalue weighted by atomic mass is 32.2. The summed E-state index contributed by atoms with van der Waals surface area (Å²) in [4.78, 5) is 38.6. The normalized spacial score (nSPS) is 16.9. The van der Waals surface area contributed by atoms with Crippen LogP contribution in [0.5, 0.6) is 0 Å². The number of amides is 2. The Morgan fingerprint density at radius 1 is 1.34 bits per heavy atom.